The number of benzene rings is 3. The molecule has 27 heavy (non-hydrogen) atoms. The average Bonchev–Trinajstić information content (AvgIpc) is 2.81. The van der Waals surface area contributed by atoms with E-state index < -0.39 is 0 Å². The maximum absolute atomic E-state index is 12.8. The fourth-order valence-corrected chi connectivity index (χ4v) is 4.24. The van der Waals surface area contributed by atoms with Crippen LogP contribution in [0.5, 0.6) is 5.75 Å². The van der Waals surface area contributed by atoms with Gasteiger partial charge in [0.2, 0.25) is 0 Å². The monoisotopic (exact) mass is 355 g/mol. The number of esters is 1. The largest absolute Gasteiger partial charge is 0.421 e. The molecule has 0 saturated carbocycles. The number of fused-ring (bicyclic) bond motifs is 3. The fourth-order valence-electron chi connectivity index (χ4n) is 4.24. The number of rotatable bonds is 1. The third-order valence-electron chi connectivity index (χ3n) is 5.54. The highest BCUT2D eigenvalue weighted by Gasteiger charge is 2.29. The first-order valence-electron chi connectivity index (χ1n) is 9.55. The minimum atomic E-state index is -0.301. The topological polar surface area (TPSA) is 29.5 Å². The molecule has 0 radical (unpaired) electrons. The number of ether oxygens (including phenoxy) is 1. The predicted octanol–water partition coefficient (Wildman–Crippen LogP) is 5.88. The average molecular weight is 355 g/mol. The number of hydrogen-bond acceptors (Lipinski definition) is 3. The Hall–Kier alpha value is -3.07. The van der Waals surface area contributed by atoms with Crippen LogP contribution in [-0.4, -0.2) is 5.97 Å². The summed E-state index contributed by atoms with van der Waals surface area (Å²) < 4.78 is 5.78. The van der Waals surface area contributed by atoms with Gasteiger partial charge in [-0.3, -0.25) is 0 Å². The lowest BCUT2D eigenvalue weighted by molar-refractivity contribution is 0.0738. The van der Waals surface area contributed by atoms with Crippen LogP contribution in [0.15, 0.2) is 60.7 Å². The molecule has 1 aliphatic heterocycles. The summed E-state index contributed by atoms with van der Waals surface area (Å²) in [5.41, 5.74) is 7.42. The number of hydrogen-bond donors (Lipinski definition) is 0. The summed E-state index contributed by atoms with van der Waals surface area (Å²) in [6, 6.07) is 20.3. The van der Waals surface area contributed by atoms with Gasteiger partial charge in [-0.2, -0.15) is 0 Å². The predicted molar refractivity (Wildman–Crippen MR) is 107 cm³/mol. The van der Waals surface area contributed by atoms with Gasteiger partial charge in [-0.05, 0) is 79.6 Å². The summed E-state index contributed by atoms with van der Waals surface area (Å²) in [7, 11) is 0. The molecule has 0 unspecified atom stereocenters. The smallest absolute Gasteiger partial charge is 0.345 e. The van der Waals surface area contributed by atoms with E-state index in [0.717, 1.165) is 35.5 Å². The molecule has 1 heterocycles. The minimum absolute atomic E-state index is 0.301. The Morgan fingerprint density at radius 1 is 0.852 bits per heavy atom. The number of carbonyl (C=O) groups excluding carboxylic acids is 1. The second-order valence-corrected chi connectivity index (χ2v) is 7.34. The van der Waals surface area contributed by atoms with Crippen LogP contribution in [0.4, 0.5) is 17.1 Å². The van der Waals surface area contributed by atoms with Crippen molar-refractivity contribution >= 4 is 23.0 Å². The first kappa shape index (κ1) is 16.1. The molecule has 5 rings (SSSR count). The maximum Gasteiger partial charge on any atom is 0.345 e. The fraction of sp³-hybridized carbons (Fsp3) is 0.208. The molecule has 3 aromatic carbocycles. The van der Waals surface area contributed by atoms with Crippen molar-refractivity contribution < 1.29 is 9.53 Å². The zero-order valence-corrected chi connectivity index (χ0v) is 15.4. The third kappa shape index (κ3) is 2.62. The molecule has 0 N–H and O–H groups in total. The van der Waals surface area contributed by atoms with Gasteiger partial charge in [-0.25, -0.2) is 4.79 Å². The molecule has 0 atom stereocenters. The lowest BCUT2D eigenvalue weighted by Crippen LogP contribution is -2.16. The molecule has 1 aliphatic carbocycles. The van der Waals surface area contributed by atoms with Crippen molar-refractivity contribution in [3.8, 4) is 5.75 Å². The Morgan fingerprint density at radius 2 is 1.67 bits per heavy atom. The molecule has 0 fully saturated rings. The van der Waals surface area contributed by atoms with E-state index in [9.17, 15) is 4.79 Å². The summed E-state index contributed by atoms with van der Waals surface area (Å²) in [5, 5.41) is 0. The number of anilines is 3. The van der Waals surface area contributed by atoms with Gasteiger partial charge in [0.05, 0.1) is 16.9 Å². The summed E-state index contributed by atoms with van der Waals surface area (Å²) in [4.78, 5) is 15.0. The molecule has 0 bridgehead atoms. The Balaban J connectivity index is 1.82. The summed E-state index contributed by atoms with van der Waals surface area (Å²) in [5.74, 6) is 0.314. The van der Waals surface area contributed by atoms with Gasteiger partial charge in [0.1, 0.15) is 0 Å². The number of para-hydroxylation sites is 1. The van der Waals surface area contributed by atoms with Crippen LogP contribution in [0.25, 0.3) is 0 Å². The Kier molecular flexibility index (Phi) is 3.75. The molecular weight excluding hydrogens is 334 g/mol. The zero-order valence-electron chi connectivity index (χ0n) is 15.4. The van der Waals surface area contributed by atoms with E-state index in [4.69, 9.17) is 4.74 Å². The third-order valence-corrected chi connectivity index (χ3v) is 5.54. The Bertz CT molecular complexity index is 1050. The van der Waals surface area contributed by atoms with Crippen molar-refractivity contribution in [2.75, 3.05) is 4.90 Å². The van der Waals surface area contributed by atoms with Crippen LogP contribution in [0.1, 0.15) is 39.9 Å². The van der Waals surface area contributed by atoms with Crippen LogP contribution in [0.2, 0.25) is 0 Å². The van der Waals surface area contributed by atoms with Gasteiger partial charge >= 0.3 is 5.97 Å². The van der Waals surface area contributed by atoms with Crippen LogP contribution < -0.4 is 9.64 Å². The van der Waals surface area contributed by atoms with E-state index in [2.05, 4.69) is 35.2 Å². The van der Waals surface area contributed by atoms with Gasteiger partial charge in [0.15, 0.2) is 5.75 Å². The van der Waals surface area contributed by atoms with Gasteiger partial charge < -0.3 is 9.64 Å². The van der Waals surface area contributed by atoms with Gasteiger partial charge in [0.25, 0.3) is 0 Å². The van der Waals surface area contributed by atoms with Crippen molar-refractivity contribution in [1.82, 2.24) is 0 Å². The Labute approximate surface area is 159 Å². The molecule has 134 valence electrons. The van der Waals surface area contributed by atoms with Gasteiger partial charge in [-0.15, -0.1) is 0 Å². The second-order valence-electron chi connectivity index (χ2n) is 7.34. The lowest BCUT2D eigenvalue weighted by atomic mass is 9.89. The highest BCUT2D eigenvalue weighted by Crippen LogP contribution is 2.46. The molecule has 0 aromatic heterocycles. The van der Waals surface area contributed by atoms with Crippen molar-refractivity contribution in [2.24, 2.45) is 0 Å². The standard InChI is InChI=1S/C24H21NO2/c1-16-13-14-22-23(15-16)27-24(26)19-10-4-5-11-21(19)25(22)20-12-6-8-17-7-2-3-9-18(17)20/h4-6,8,10-15H,2-3,7,9H2,1H3. The summed E-state index contributed by atoms with van der Waals surface area (Å²) in [6.07, 6.45) is 4.63. The summed E-state index contributed by atoms with van der Waals surface area (Å²) >= 11 is 0. The molecule has 2 aliphatic rings. The van der Waals surface area contributed by atoms with Crippen LogP contribution in [-0.2, 0) is 12.8 Å². The van der Waals surface area contributed by atoms with Crippen LogP contribution >= 0.6 is 0 Å². The number of carbonyl (C=O) groups is 1. The molecule has 3 aromatic rings. The first-order valence-corrected chi connectivity index (χ1v) is 9.55. The normalized spacial score (nSPS) is 15.3. The molecule has 3 nitrogen and oxygen atoms in total. The van der Waals surface area contributed by atoms with Crippen LogP contribution in [0, 0.1) is 6.92 Å². The second kappa shape index (κ2) is 6.27. The van der Waals surface area contributed by atoms with Crippen molar-refractivity contribution in [2.45, 2.75) is 32.6 Å². The van der Waals surface area contributed by atoms with E-state index >= 15 is 0 Å². The molecule has 0 amide bonds. The number of aryl methyl sites for hydroxylation is 2. The van der Waals surface area contributed by atoms with Crippen molar-refractivity contribution in [3.05, 3.63) is 82.9 Å². The Morgan fingerprint density at radius 3 is 2.59 bits per heavy atom. The maximum atomic E-state index is 12.8. The van der Waals surface area contributed by atoms with Crippen molar-refractivity contribution in [1.29, 1.82) is 0 Å². The highest BCUT2D eigenvalue weighted by atomic mass is 16.5. The van der Waals surface area contributed by atoms with E-state index in [1.807, 2.05) is 37.3 Å². The molecule has 3 heteroatoms. The minimum Gasteiger partial charge on any atom is -0.421 e. The first-order chi connectivity index (χ1) is 13.2. The van der Waals surface area contributed by atoms with E-state index in [-0.39, 0.29) is 5.97 Å². The zero-order chi connectivity index (χ0) is 18.4. The number of nitrogens with zero attached hydrogens (tertiary/aromatic N) is 1. The highest BCUT2D eigenvalue weighted by molar-refractivity contribution is 6.03. The van der Waals surface area contributed by atoms with Crippen molar-refractivity contribution in [3.63, 3.8) is 0 Å². The van der Waals surface area contributed by atoms with E-state index in [1.54, 1.807) is 0 Å². The molecule has 0 saturated heterocycles. The van der Waals surface area contributed by atoms with E-state index in [1.165, 1.54) is 24.0 Å². The lowest BCUT2D eigenvalue weighted by Gasteiger charge is -2.30. The van der Waals surface area contributed by atoms with E-state index in [0.29, 0.717) is 11.3 Å². The quantitative estimate of drug-likeness (QED) is 0.403. The van der Waals surface area contributed by atoms with Gasteiger partial charge in [-0.1, -0.05) is 30.3 Å². The molecule has 0 spiro atoms. The summed E-state index contributed by atoms with van der Waals surface area (Å²) in [6.45, 7) is 2.01. The van der Waals surface area contributed by atoms with Gasteiger partial charge in [0, 0.05) is 5.69 Å². The van der Waals surface area contributed by atoms with Crippen LogP contribution in [0.3, 0.4) is 0 Å². The SMILES string of the molecule is Cc1ccc2c(c1)OC(=O)c1ccccc1N2c1cccc2c1CCCC2. The molecular formula is C24H21NO2.